The molecule has 0 bridgehead atoms. The highest BCUT2D eigenvalue weighted by atomic mass is 79.9. The molecule has 0 heterocycles. The first-order valence-electron chi connectivity index (χ1n) is 6.24. The predicted octanol–water partition coefficient (Wildman–Crippen LogP) is 5.78. The van der Waals surface area contributed by atoms with Crippen LogP contribution in [0.2, 0.25) is 0 Å². The smallest absolute Gasteiger partial charge is 0.0175 e. The van der Waals surface area contributed by atoms with Gasteiger partial charge in [-0.2, -0.15) is 0 Å². The van der Waals surface area contributed by atoms with E-state index in [1.807, 2.05) is 6.07 Å². The van der Waals surface area contributed by atoms with Crippen LogP contribution in [-0.2, 0) is 0 Å². The first-order chi connectivity index (χ1) is 9.33. The van der Waals surface area contributed by atoms with Gasteiger partial charge < -0.3 is 0 Å². The van der Waals surface area contributed by atoms with E-state index in [0.29, 0.717) is 0 Å². The molecule has 0 aromatic heterocycles. The Bertz CT molecular complexity index is 670. The van der Waals surface area contributed by atoms with Gasteiger partial charge in [-0.15, -0.1) is 0 Å². The highest BCUT2D eigenvalue weighted by molar-refractivity contribution is 9.10. The lowest BCUT2D eigenvalue weighted by atomic mass is 9.99. The van der Waals surface area contributed by atoms with Crippen molar-refractivity contribution in [2.45, 2.75) is 0 Å². The third kappa shape index (κ3) is 2.77. The topological polar surface area (TPSA) is 0 Å². The molecule has 0 radical (unpaired) electrons. The molecule has 0 aliphatic heterocycles. The molecule has 0 unspecified atom stereocenters. The first-order valence-corrected chi connectivity index (χ1v) is 7.04. The largest absolute Gasteiger partial charge is 0.0622 e. The van der Waals surface area contributed by atoms with Gasteiger partial charge in [-0.1, -0.05) is 76.6 Å². The van der Waals surface area contributed by atoms with Gasteiger partial charge in [-0.3, -0.25) is 0 Å². The van der Waals surface area contributed by atoms with Crippen LogP contribution in [0, 0.1) is 0 Å². The first kappa shape index (κ1) is 12.2. The summed E-state index contributed by atoms with van der Waals surface area (Å²) < 4.78 is 1.11. The van der Waals surface area contributed by atoms with Crippen molar-refractivity contribution >= 4 is 15.9 Å². The molecule has 19 heavy (non-hydrogen) atoms. The maximum Gasteiger partial charge on any atom is 0.0175 e. The average molecular weight is 309 g/mol. The summed E-state index contributed by atoms with van der Waals surface area (Å²) in [6, 6.07) is 27.5. The van der Waals surface area contributed by atoms with Gasteiger partial charge in [0.25, 0.3) is 0 Å². The second kappa shape index (κ2) is 5.41. The predicted molar refractivity (Wildman–Crippen MR) is 85.0 cm³/mol. The van der Waals surface area contributed by atoms with Crippen LogP contribution in [-0.4, -0.2) is 0 Å². The summed E-state index contributed by atoms with van der Waals surface area (Å²) in [5.41, 5.74) is 4.98. The van der Waals surface area contributed by atoms with Gasteiger partial charge in [0, 0.05) is 4.47 Å². The van der Waals surface area contributed by atoms with E-state index in [0.717, 1.165) is 4.47 Å². The van der Waals surface area contributed by atoms with Crippen molar-refractivity contribution in [3.05, 3.63) is 83.3 Å². The van der Waals surface area contributed by atoms with Crippen LogP contribution in [0.15, 0.2) is 83.3 Å². The molecule has 0 N–H and O–H groups in total. The Balaban J connectivity index is 2.03. The van der Waals surface area contributed by atoms with Crippen molar-refractivity contribution in [3.63, 3.8) is 0 Å². The molecular formula is C18H13Br. The fraction of sp³-hybridized carbons (Fsp3) is 0. The van der Waals surface area contributed by atoms with Gasteiger partial charge in [-0.25, -0.2) is 0 Å². The van der Waals surface area contributed by atoms with Crippen LogP contribution in [0.4, 0.5) is 0 Å². The molecule has 0 aliphatic carbocycles. The molecule has 0 amide bonds. The SMILES string of the molecule is Brc1ccc(-c2cccc(-c3ccccc3)c2)cc1. The molecule has 0 saturated carbocycles. The van der Waals surface area contributed by atoms with Crippen LogP contribution in [0.3, 0.4) is 0 Å². The Kier molecular flexibility index (Phi) is 3.47. The fourth-order valence-corrected chi connectivity index (χ4v) is 2.42. The molecule has 0 spiro atoms. The lowest BCUT2D eigenvalue weighted by Gasteiger charge is -2.06. The zero-order valence-corrected chi connectivity index (χ0v) is 12.0. The van der Waals surface area contributed by atoms with Gasteiger partial charge in [0.15, 0.2) is 0 Å². The molecule has 3 aromatic rings. The second-order valence-electron chi connectivity index (χ2n) is 4.45. The van der Waals surface area contributed by atoms with Gasteiger partial charge in [0.05, 0.1) is 0 Å². The molecule has 0 fully saturated rings. The number of hydrogen-bond donors (Lipinski definition) is 0. The molecule has 0 saturated heterocycles. The van der Waals surface area contributed by atoms with Crippen LogP contribution in [0.25, 0.3) is 22.3 Å². The zero-order valence-electron chi connectivity index (χ0n) is 10.4. The summed E-state index contributed by atoms with van der Waals surface area (Å²) in [6.07, 6.45) is 0. The summed E-state index contributed by atoms with van der Waals surface area (Å²) in [5, 5.41) is 0. The number of halogens is 1. The Hall–Kier alpha value is -1.86. The van der Waals surface area contributed by atoms with Crippen molar-refractivity contribution in [2.75, 3.05) is 0 Å². The van der Waals surface area contributed by atoms with E-state index in [2.05, 4.69) is 88.7 Å². The lowest BCUT2D eigenvalue weighted by molar-refractivity contribution is 1.57. The van der Waals surface area contributed by atoms with E-state index < -0.39 is 0 Å². The molecule has 0 nitrogen and oxygen atoms in total. The monoisotopic (exact) mass is 308 g/mol. The summed E-state index contributed by atoms with van der Waals surface area (Å²) >= 11 is 3.47. The number of hydrogen-bond acceptors (Lipinski definition) is 0. The van der Waals surface area contributed by atoms with E-state index in [-0.39, 0.29) is 0 Å². The minimum atomic E-state index is 1.11. The van der Waals surface area contributed by atoms with Crippen molar-refractivity contribution in [3.8, 4) is 22.3 Å². The van der Waals surface area contributed by atoms with E-state index in [1.54, 1.807) is 0 Å². The van der Waals surface area contributed by atoms with Gasteiger partial charge in [0.2, 0.25) is 0 Å². The highest BCUT2D eigenvalue weighted by Gasteiger charge is 2.01. The highest BCUT2D eigenvalue weighted by Crippen LogP contribution is 2.27. The normalized spacial score (nSPS) is 10.4. The zero-order chi connectivity index (χ0) is 13.1. The molecule has 0 atom stereocenters. The third-order valence-corrected chi connectivity index (χ3v) is 3.68. The minimum absolute atomic E-state index is 1.11. The molecule has 92 valence electrons. The Morgan fingerprint density at radius 1 is 0.474 bits per heavy atom. The fourth-order valence-electron chi connectivity index (χ4n) is 2.15. The van der Waals surface area contributed by atoms with E-state index in [9.17, 15) is 0 Å². The van der Waals surface area contributed by atoms with Gasteiger partial charge in [-0.05, 0) is 40.5 Å². The Morgan fingerprint density at radius 2 is 1.00 bits per heavy atom. The number of rotatable bonds is 2. The van der Waals surface area contributed by atoms with Crippen molar-refractivity contribution < 1.29 is 0 Å². The minimum Gasteiger partial charge on any atom is -0.0622 e. The third-order valence-electron chi connectivity index (χ3n) is 3.15. The average Bonchev–Trinajstić information content (AvgIpc) is 2.49. The van der Waals surface area contributed by atoms with E-state index >= 15 is 0 Å². The van der Waals surface area contributed by atoms with Gasteiger partial charge in [0.1, 0.15) is 0 Å². The molecular weight excluding hydrogens is 296 g/mol. The summed E-state index contributed by atoms with van der Waals surface area (Å²) in [4.78, 5) is 0. The summed E-state index contributed by atoms with van der Waals surface area (Å²) in [7, 11) is 0. The van der Waals surface area contributed by atoms with Crippen molar-refractivity contribution in [1.82, 2.24) is 0 Å². The molecule has 0 aliphatic rings. The van der Waals surface area contributed by atoms with E-state index in [4.69, 9.17) is 0 Å². The van der Waals surface area contributed by atoms with E-state index in [1.165, 1.54) is 22.3 Å². The van der Waals surface area contributed by atoms with Crippen LogP contribution < -0.4 is 0 Å². The van der Waals surface area contributed by atoms with Crippen LogP contribution in [0.1, 0.15) is 0 Å². The molecule has 1 heteroatoms. The molecule has 3 rings (SSSR count). The maximum atomic E-state index is 3.47. The Labute approximate surface area is 121 Å². The van der Waals surface area contributed by atoms with Crippen molar-refractivity contribution in [2.24, 2.45) is 0 Å². The summed E-state index contributed by atoms with van der Waals surface area (Å²) in [5.74, 6) is 0. The van der Waals surface area contributed by atoms with Crippen molar-refractivity contribution in [1.29, 1.82) is 0 Å². The second-order valence-corrected chi connectivity index (χ2v) is 5.37. The van der Waals surface area contributed by atoms with Crippen LogP contribution in [0.5, 0.6) is 0 Å². The quantitative estimate of drug-likeness (QED) is 0.562. The lowest BCUT2D eigenvalue weighted by Crippen LogP contribution is -1.81. The van der Waals surface area contributed by atoms with Crippen LogP contribution >= 0.6 is 15.9 Å². The standard InChI is InChI=1S/C18H13Br/c19-18-11-9-15(10-12-18)17-8-4-7-16(13-17)14-5-2-1-3-6-14/h1-13H. The summed E-state index contributed by atoms with van der Waals surface area (Å²) in [6.45, 7) is 0. The molecule has 3 aromatic carbocycles. The Morgan fingerprint density at radius 3 is 1.63 bits per heavy atom. The number of benzene rings is 3. The van der Waals surface area contributed by atoms with Gasteiger partial charge >= 0.3 is 0 Å². The maximum absolute atomic E-state index is 3.47.